The second-order valence-electron chi connectivity index (χ2n) is 3.67. The standard InChI is InChI=1S/C9H8BrF6N3OS/c10-6-5(17-1-2-21-9(14,15)16)3-18-19(7(6)20)4-8(11,12)13/h3,17H,1-2,4H2. The summed E-state index contributed by atoms with van der Waals surface area (Å²) in [5, 5.41) is 5.81. The first-order valence-corrected chi connectivity index (χ1v) is 7.04. The van der Waals surface area contributed by atoms with Gasteiger partial charge in [0, 0.05) is 12.3 Å². The molecule has 1 N–H and O–H groups in total. The molecule has 0 spiro atoms. The number of nitrogens with one attached hydrogen (secondary N) is 1. The molecule has 0 fully saturated rings. The van der Waals surface area contributed by atoms with Crippen LogP contribution in [0.2, 0.25) is 0 Å². The van der Waals surface area contributed by atoms with Gasteiger partial charge in [0.2, 0.25) is 0 Å². The molecule has 0 atom stereocenters. The van der Waals surface area contributed by atoms with E-state index in [1.165, 1.54) is 0 Å². The first kappa shape index (κ1) is 18.1. The minimum Gasteiger partial charge on any atom is -0.382 e. The number of anilines is 1. The lowest BCUT2D eigenvalue weighted by molar-refractivity contribution is -0.143. The van der Waals surface area contributed by atoms with Gasteiger partial charge in [-0.05, 0) is 27.7 Å². The smallest absolute Gasteiger partial charge is 0.382 e. The Balaban J connectivity index is 2.70. The van der Waals surface area contributed by atoms with E-state index in [1.54, 1.807) is 0 Å². The number of aromatic nitrogens is 2. The van der Waals surface area contributed by atoms with Gasteiger partial charge in [-0.2, -0.15) is 31.4 Å². The minimum absolute atomic E-state index is 0.0289. The molecule has 4 nitrogen and oxygen atoms in total. The lowest BCUT2D eigenvalue weighted by atomic mass is 10.4. The van der Waals surface area contributed by atoms with Gasteiger partial charge in [-0.1, -0.05) is 0 Å². The number of rotatable bonds is 5. The van der Waals surface area contributed by atoms with Crippen LogP contribution in [0.25, 0.3) is 0 Å². The van der Waals surface area contributed by atoms with Gasteiger partial charge in [0.25, 0.3) is 5.56 Å². The number of nitrogens with zero attached hydrogens (tertiary/aromatic N) is 2. The largest absolute Gasteiger partial charge is 0.441 e. The molecule has 1 aromatic rings. The van der Waals surface area contributed by atoms with Crippen LogP contribution in [0.15, 0.2) is 15.5 Å². The lowest BCUT2D eigenvalue weighted by Crippen LogP contribution is -2.31. The van der Waals surface area contributed by atoms with E-state index in [1.807, 2.05) is 0 Å². The molecule has 1 aromatic heterocycles. The predicted molar refractivity (Wildman–Crippen MR) is 69.3 cm³/mol. The molecule has 0 saturated heterocycles. The number of alkyl halides is 6. The average molecular weight is 400 g/mol. The van der Waals surface area contributed by atoms with Gasteiger partial charge in [-0.15, -0.1) is 0 Å². The van der Waals surface area contributed by atoms with Gasteiger partial charge < -0.3 is 5.32 Å². The average Bonchev–Trinajstić information content (AvgIpc) is 2.30. The van der Waals surface area contributed by atoms with Crippen molar-refractivity contribution in [1.29, 1.82) is 0 Å². The molecule has 120 valence electrons. The van der Waals surface area contributed by atoms with Gasteiger partial charge in [0.15, 0.2) is 0 Å². The number of hydrogen-bond donors (Lipinski definition) is 1. The summed E-state index contributed by atoms with van der Waals surface area (Å²) in [6.45, 7) is -1.68. The van der Waals surface area contributed by atoms with Crippen molar-refractivity contribution in [3.63, 3.8) is 0 Å². The Morgan fingerprint density at radius 3 is 2.43 bits per heavy atom. The Morgan fingerprint density at radius 1 is 1.29 bits per heavy atom. The maximum Gasteiger partial charge on any atom is 0.441 e. The van der Waals surface area contributed by atoms with Crippen molar-refractivity contribution < 1.29 is 26.3 Å². The van der Waals surface area contributed by atoms with Crippen LogP contribution in [0.1, 0.15) is 0 Å². The van der Waals surface area contributed by atoms with Gasteiger partial charge in [-0.25, -0.2) is 4.68 Å². The monoisotopic (exact) mass is 399 g/mol. The van der Waals surface area contributed by atoms with E-state index >= 15 is 0 Å². The van der Waals surface area contributed by atoms with Crippen LogP contribution in [0.5, 0.6) is 0 Å². The second kappa shape index (κ2) is 6.90. The van der Waals surface area contributed by atoms with E-state index in [-0.39, 0.29) is 38.9 Å². The molecule has 0 aliphatic heterocycles. The van der Waals surface area contributed by atoms with Gasteiger partial charge in [0.1, 0.15) is 11.0 Å². The Labute approximate surface area is 127 Å². The maximum atomic E-state index is 12.2. The highest BCUT2D eigenvalue weighted by Gasteiger charge is 2.30. The number of hydrogen-bond acceptors (Lipinski definition) is 4. The molecule has 0 aliphatic carbocycles. The summed E-state index contributed by atoms with van der Waals surface area (Å²) in [5.41, 5.74) is -5.37. The quantitative estimate of drug-likeness (QED) is 0.609. The van der Waals surface area contributed by atoms with E-state index in [4.69, 9.17) is 0 Å². The van der Waals surface area contributed by atoms with E-state index in [0.29, 0.717) is 0 Å². The van der Waals surface area contributed by atoms with Crippen molar-refractivity contribution in [2.45, 2.75) is 18.2 Å². The molecule has 0 bridgehead atoms. The van der Waals surface area contributed by atoms with Crippen molar-refractivity contribution in [3.05, 3.63) is 21.0 Å². The Kier molecular flexibility index (Phi) is 5.96. The highest BCUT2D eigenvalue weighted by molar-refractivity contribution is 9.10. The van der Waals surface area contributed by atoms with E-state index < -0.39 is 23.8 Å². The zero-order chi connectivity index (χ0) is 16.3. The second-order valence-corrected chi connectivity index (χ2v) is 5.62. The van der Waals surface area contributed by atoms with Crippen LogP contribution >= 0.6 is 27.7 Å². The molecule has 0 saturated carbocycles. The van der Waals surface area contributed by atoms with Gasteiger partial charge in [-0.3, -0.25) is 4.79 Å². The van der Waals surface area contributed by atoms with Crippen LogP contribution in [0.4, 0.5) is 32.0 Å². The summed E-state index contributed by atoms with van der Waals surface area (Å²) >= 11 is 2.54. The van der Waals surface area contributed by atoms with Crippen LogP contribution < -0.4 is 10.9 Å². The summed E-state index contributed by atoms with van der Waals surface area (Å²) in [6.07, 6.45) is -3.66. The van der Waals surface area contributed by atoms with Crippen LogP contribution in [-0.4, -0.2) is 33.8 Å². The maximum absolute atomic E-state index is 12.2. The fourth-order valence-electron chi connectivity index (χ4n) is 1.22. The highest BCUT2D eigenvalue weighted by atomic mass is 79.9. The van der Waals surface area contributed by atoms with E-state index in [9.17, 15) is 31.1 Å². The van der Waals surface area contributed by atoms with Crippen molar-refractivity contribution in [2.24, 2.45) is 0 Å². The SMILES string of the molecule is O=c1c(Br)c(NCCSC(F)(F)F)cnn1CC(F)(F)F. The number of thioether (sulfide) groups is 1. The molecule has 1 heterocycles. The molecule has 0 aliphatic rings. The normalized spacial score (nSPS) is 12.5. The van der Waals surface area contributed by atoms with Crippen molar-refractivity contribution in [1.82, 2.24) is 9.78 Å². The van der Waals surface area contributed by atoms with Crippen molar-refractivity contribution in [3.8, 4) is 0 Å². The van der Waals surface area contributed by atoms with Gasteiger partial charge >= 0.3 is 11.7 Å². The first-order valence-electron chi connectivity index (χ1n) is 5.26. The Hall–Kier alpha value is -0.910. The van der Waals surface area contributed by atoms with Crippen LogP contribution in [0.3, 0.4) is 0 Å². The van der Waals surface area contributed by atoms with Crippen molar-refractivity contribution >= 4 is 33.4 Å². The van der Waals surface area contributed by atoms with Crippen LogP contribution in [-0.2, 0) is 6.54 Å². The fraction of sp³-hybridized carbons (Fsp3) is 0.556. The highest BCUT2D eigenvalue weighted by Crippen LogP contribution is 2.29. The molecule has 0 amide bonds. The Bertz CT molecular complexity index is 544. The van der Waals surface area contributed by atoms with E-state index in [2.05, 4.69) is 26.3 Å². The van der Waals surface area contributed by atoms with Crippen molar-refractivity contribution in [2.75, 3.05) is 17.6 Å². The van der Waals surface area contributed by atoms with Gasteiger partial charge in [0.05, 0.1) is 11.9 Å². The third-order valence-electron chi connectivity index (χ3n) is 2.00. The molecule has 0 unspecified atom stereocenters. The molecule has 0 aromatic carbocycles. The molecule has 12 heteroatoms. The zero-order valence-corrected chi connectivity index (χ0v) is 12.5. The third kappa shape index (κ3) is 6.59. The topological polar surface area (TPSA) is 46.9 Å². The summed E-state index contributed by atoms with van der Waals surface area (Å²) in [4.78, 5) is 11.6. The molecular weight excluding hydrogens is 392 g/mol. The third-order valence-corrected chi connectivity index (χ3v) is 3.50. The fourth-order valence-corrected chi connectivity index (χ4v) is 2.11. The summed E-state index contributed by atoms with van der Waals surface area (Å²) in [7, 11) is 0. The minimum atomic E-state index is -4.60. The van der Waals surface area contributed by atoms with E-state index in [0.717, 1.165) is 6.20 Å². The predicted octanol–water partition coefficient (Wildman–Crippen LogP) is 3.23. The summed E-state index contributed by atoms with van der Waals surface area (Å²) in [6, 6.07) is 0. The lowest BCUT2D eigenvalue weighted by Gasteiger charge is -2.12. The Morgan fingerprint density at radius 2 is 1.90 bits per heavy atom. The molecule has 1 rings (SSSR count). The number of halogens is 7. The molecule has 21 heavy (non-hydrogen) atoms. The zero-order valence-electron chi connectivity index (χ0n) is 10.1. The summed E-state index contributed by atoms with van der Waals surface area (Å²) in [5.74, 6) is -0.318. The molecular formula is C9H8BrF6N3OS. The molecule has 0 radical (unpaired) electrons. The van der Waals surface area contributed by atoms with Crippen LogP contribution in [0, 0.1) is 0 Å². The first-order chi connectivity index (χ1) is 9.49. The summed E-state index contributed by atoms with van der Waals surface area (Å²) < 4.78 is 72.2.